The second kappa shape index (κ2) is 5.50. The van der Waals surface area contributed by atoms with Crippen LogP contribution in [-0.2, 0) is 12.8 Å². The summed E-state index contributed by atoms with van der Waals surface area (Å²) in [7, 11) is 1.58. The highest BCUT2D eigenvalue weighted by molar-refractivity contribution is 5.50. The quantitative estimate of drug-likeness (QED) is 0.896. The van der Waals surface area contributed by atoms with Crippen molar-refractivity contribution in [3.8, 4) is 17.4 Å². The van der Waals surface area contributed by atoms with Crippen LogP contribution in [0.2, 0.25) is 0 Å². The summed E-state index contributed by atoms with van der Waals surface area (Å²) in [6.45, 7) is 0.726. The molecule has 1 unspecified atom stereocenters. The van der Waals surface area contributed by atoms with Crippen LogP contribution >= 0.6 is 0 Å². The molecule has 0 aromatic carbocycles. The number of aromatic nitrogens is 4. The van der Waals surface area contributed by atoms with E-state index < -0.39 is 0 Å². The number of hydrogen-bond donors (Lipinski definition) is 1. The largest absolute Gasteiger partial charge is 0.481 e. The molecule has 1 aliphatic rings. The Morgan fingerprint density at radius 2 is 2.25 bits per heavy atom. The number of methoxy groups -OCH3 is 1. The number of nitrogens with two attached hydrogens (primary N) is 1. The van der Waals surface area contributed by atoms with E-state index in [2.05, 4.69) is 19.9 Å². The maximum Gasteiger partial charge on any atom is 0.216 e. The van der Waals surface area contributed by atoms with Gasteiger partial charge in [0.2, 0.25) is 5.88 Å². The van der Waals surface area contributed by atoms with E-state index in [4.69, 9.17) is 10.5 Å². The molecule has 0 radical (unpaired) electrons. The van der Waals surface area contributed by atoms with E-state index in [0.29, 0.717) is 23.3 Å². The van der Waals surface area contributed by atoms with Gasteiger partial charge in [-0.1, -0.05) is 0 Å². The topological polar surface area (TPSA) is 86.8 Å². The van der Waals surface area contributed by atoms with Crippen molar-refractivity contribution >= 4 is 0 Å². The summed E-state index contributed by atoms with van der Waals surface area (Å²) in [6, 6.07) is 1.74. The second-order valence-electron chi connectivity index (χ2n) is 4.96. The number of fused-ring (bicyclic) bond motifs is 1. The van der Waals surface area contributed by atoms with Gasteiger partial charge in [-0.2, -0.15) is 0 Å². The van der Waals surface area contributed by atoms with Crippen LogP contribution < -0.4 is 10.5 Å². The minimum Gasteiger partial charge on any atom is -0.481 e. The molecule has 0 bridgehead atoms. The van der Waals surface area contributed by atoms with Crippen LogP contribution in [0.15, 0.2) is 18.6 Å². The number of aryl methyl sites for hydroxylation is 1. The average molecular weight is 271 g/mol. The van der Waals surface area contributed by atoms with E-state index in [0.717, 1.165) is 31.5 Å². The Hall–Kier alpha value is -2.08. The number of hydrogen-bond acceptors (Lipinski definition) is 6. The lowest BCUT2D eigenvalue weighted by molar-refractivity contribution is 0.397. The molecule has 0 spiro atoms. The van der Waals surface area contributed by atoms with Crippen molar-refractivity contribution in [1.29, 1.82) is 0 Å². The average Bonchev–Trinajstić information content (AvgIpc) is 2.54. The lowest BCUT2D eigenvalue weighted by Crippen LogP contribution is -2.23. The molecule has 2 aromatic heterocycles. The first-order valence-electron chi connectivity index (χ1n) is 6.71. The third-order valence-corrected chi connectivity index (χ3v) is 3.67. The predicted molar refractivity (Wildman–Crippen MR) is 74.2 cm³/mol. The van der Waals surface area contributed by atoms with Gasteiger partial charge in [0, 0.05) is 18.0 Å². The van der Waals surface area contributed by atoms with Crippen molar-refractivity contribution in [2.75, 3.05) is 13.7 Å². The zero-order valence-corrected chi connectivity index (χ0v) is 11.4. The van der Waals surface area contributed by atoms with Crippen LogP contribution in [0, 0.1) is 5.92 Å². The summed E-state index contributed by atoms with van der Waals surface area (Å²) in [5.41, 5.74) is 8.74. The lowest BCUT2D eigenvalue weighted by Gasteiger charge is -2.22. The normalized spacial score (nSPS) is 17.6. The molecule has 1 aliphatic carbocycles. The SMILES string of the molecule is COc1cc(-c2ncc3c(n2)CCC(CN)C3)ncn1. The van der Waals surface area contributed by atoms with Gasteiger partial charge in [0.25, 0.3) is 0 Å². The highest BCUT2D eigenvalue weighted by Crippen LogP contribution is 2.25. The van der Waals surface area contributed by atoms with Crippen molar-refractivity contribution in [2.24, 2.45) is 11.7 Å². The monoisotopic (exact) mass is 271 g/mol. The van der Waals surface area contributed by atoms with Gasteiger partial charge >= 0.3 is 0 Å². The van der Waals surface area contributed by atoms with Gasteiger partial charge in [-0.3, -0.25) is 0 Å². The zero-order valence-electron chi connectivity index (χ0n) is 11.4. The molecule has 0 saturated carbocycles. The molecule has 2 aromatic rings. The molecule has 2 N–H and O–H groups in total. The van der Waals surface area contributed by atoms with E-state index >= 15 is 0 Å². The highest BCUT2D eigenvalue weighted by atomic mass is 16.5. The lowest BCUT2D eigenvalue weighted by atomic mass is 9.87. The van der Waals surface area contributed by atoms with E-state index in [-0.39, 0.29) is 0 Å². The zero-order chi connectivity index (χ0) is 13.9. The van der Waals surface area contributed by atoms with Crippen LogP contribution in [0.3, 0.4) is 0 Å². The molecular weight excluding hydrogens is 254 g/mol. The molecule has 0 amide bonds. The van der Waals surface area contributed by atoms with Gasteiger partial charge in [-0.15, -0.1) is 0 Å². The molecule has 6 heteroatoms. The summed E-state index contributed by atoms with van der Waals surface area (Å²) >= 11 is 0. The fourth-order valence-corrected chi connectivity index (χ4v) is 2.48. The van der Waals surface area contributed by atoms with Crippen LogP contribution in [0.1, 0.15) is 17.7 Å². The van der Waals surface area contributed by atoms with Gasteiger partial charge in [0.1, 0.15) is 12.0 Å². The van der Waals surface area contributed by atoms with E-state index in [1.54, 1.807) is 13.2 Å². The van der Waals surface area contributed by atoms with Gasteiger partial charge in [0.05, 0.1) is 7.11 Å². The number of ether oxygens (including phenoxy) is 1. The summed E-state index contributed by atoms with van der Waals surface area (Å²) in [5, 5.41) is 0. The summed E-state index contributed by atoms with van der Waals surface area (Å²) < 4.78 is 5.10. The van der Waals surface area contributed by atoms with Crippen LogP contribution in [0.4, 0.5) is 0 Å². The Bertz CT molecular complexity index is 616. The van der Waals surface area contributed by atoms with E-state index in [9.17, 15) is 0 Å². The van der Waals surface area contributed by atoms with Crippen molar-refractivity contribution in [3.05, 3.63) is 29.8 Å². The first kappa shape index (κ1) is 12.9. The van der Waals surface area contributed by atoms with Crippen LogP contribution in [0.5, 0.6) is 5.88 Å². The summed E-state index contributed by atoms with van der Waals surface area (Å²) in [5.74, 6) is 1.69. The fraction of sp³-hybridized carbons (Fsp3) is 0.429. The van der Waals surface area contributed by atoms with Gasteiger partial charge in [-0.05, 0) is 37.3 Å². The van der Waals surface area contributed by atoms with Crippen molar-refractivity contribution in [1.82, 2.24) is 19.9 Å². The maximum absolute atomic E-state index is 5.74. The molecule has 0 aliphatic heterocycles. The molecular formula is C14H17N5O. The Balaban J connectivity index is 1.92. The van der Waals surface area contributed by atoms with Crippen molar-refractivity contribution < 1.29 is 4.74 Å². The molecule has 0 fully saturated rings. The second-order valence-corrected chi connectivity index (χ2v) is 4.96. The van der Waals surface area contributed by atoms with Crippen molar-refractivity contribution in [3.63, 3.8) is 0 Å². The van der Waals surface area contributed by atoms with E-state index in [1.807, 2.05) is 6.20 Å². The predicted octanol–water partition coefficient (Wildman–Crippen LogP) is 1.01. The first-order chi connectivity index (χ1) is 9.80. The van der Waals surface area contributed by atoms with Crippen LogP contribution in [0.25, 0.3) is 11.5 Å². The Morgan fingerprint density at radius 1 is 1.35 bits per heavy atom. The third-order valence-electron chi connectivity index (χ3n) is 3.67. The van der Waals surface area contributed by atoms with E-state index in [1.165, 1.54) is 11.9 Å². The van der Waals surface area contributed by atoms with Gasteiger partial charge in [0.15, 0.2) is 5.82 Å². The van der Waals surface area contributed by atoms with Gasteiger partial charge in [-0.25, -0.2) is 19.9 Å². The molecule has 0 saturated heterocycles. The summed E-state index contributed by atoms with van der Waals surface area (Å²) in [6.07, 6.45) is 6.37. The number of rotatable bonds is 3. The van der Waals surface area contributed by atoms with Gasteiger partial charge < -0.3 is 10.5 Å². The minimum absolute atomic E-state index is 0.513. The molecule has 1 atom stereocenters. The third kappa shape index (κ3) is 2.46. The molecule has 3 rings (SSSR count). The summed E-state index contributed by atoms with van der Waals surface area (Å²) in [4.78, 5) is 17.2. The molecule has 6 nitrogen and oxygen atoms in total. The Kier molecular flexibility index (Phi) is 3.56. The number of nitrogens with zero attached hydrogens (tertiary/aromatic N) is 4. The fourth-order valence-electron chi connectivity index (χ4n) is 2.48. The molecule has 20 heavy (non-hydrogen) atoms. The minimum atomic E-state index is 0.513. The Morgan fingerprint density at radius 3 is 3.05 bits per heavy atom. The maximum atomic E-state index is 5.74. The highest BCUT2D eigenvalue weighted by Gasteiger charge is 2.20. The van der Waals surface area contributed by atoms with Crippen LogP contribution in [-0.4, -0.2) is 33.6 Å². The first-order valence-corrected chi connectivity index (χ1v) is 6.71. The van der Waals surface area contributed by atoms with Crippen molar-refractivity contribution in [2.45, 2.75) is 19.3 Å². The smallest absolute Gasteiger partial charge is 0.216 e. The standard InChI is InChI=1S/C14H17N5O/c1-20-13-5-12(17-8-18-13)14-16-7-10-4-9(6-15)2-3-11(10)19-14/h5,7-9H,2-4,6,15H2,1H3. The molecule has 2 heterocycles. The Labute approximate surface area is 117 Å². The molecule has 104 valence electrons.